The Bertz CT molecular complexity index is 540. The monoisotopic (exact) mass is 248 g/mol. The Hall–Kier alpha value is -0.990. The van der Waals surface area contributed by atoms with Crippen LogP contribution in [0.1, 0.15) is 24.8 Å². The van der Waals surface area contributed by atoms with Gasteiger partial charge in [0.15, 0.2) is 0 Å². The van der Waals surface area contributed by atoms with Crippen molar-refractivity contribution in [3.63, 3.8) is 0 Å². The molecule has 0 spiro atoms. The number of fused-ring (bicyclic) bond motifs is 1. The molecule has 0 aliphatic heterocycles. The lowest BCUT2D eigenvalue weighted by molar-refractivity contribution is 0.279. The highest BCUT2D eigenvalue weighted by Crippen LogP contribution is 2.33. The number of hydrogen-bond donors (Lipinski definition) is 1. The van der Waals surface area contributed by atoms with Crippen LogP contribution in [0.5, 0.6) is 0 Å². The van der Waals surface area contributed by atoms with Gasteiger partial charge in [-0.2, -0.15) is 0 Å². The topological polar surface area (TPSA) is 30.9 Å². The van der Waals surface area contributed by atoms with E-state index in [2.05, 4.69) is 16.8 Å². The molecule has 1 fully saturated rings. The minimum atomic E-state index is 0.578. The van der Waals surface area contributed by atoms with Crippen molar-refractivity contribution >= 4 is 22.5 Å². The van der Waals surface area contributed by atoms with Gasteiger partial charge in [-0.3, -0.25) is 0 Å². The summed E-state index contributed by atoms with van der Waals surface area (Å²) in [4.78, 5) is 0. The predicted octanol–water partition coefficient (Wildman–Crippen LogP) is 3.55. The summed E-state index contributed by atoms with van der Waals surface area (Å²) in [6.07, 6.45) is 6.25. The van der Waals surface area contributed by atoms with Gasteiger partial charge in [0.25, 0.3) is 0 Å². The van der Waals surface area contributed by atoms with Crippen molar-refractivity contribution < 1.29 is 0 Å². The zero-order valence-electron chi connectivity index (χ0n) is 9.82. The van der Waals surface area contributed by atoms with E-state index < -0.39 is 0 Å². The highest BCUT2D eigenvalue weighted by atomic mass is 35.5. The van der Waals surface area contributed by atoms with Crippen molar-refractivity contribution in [3.8, 4) is 0 Å². The number of para-hydroxylation sites is 1. The van der Waals surface area contributed by atoms with E-state index in [9.17, 15) is 0 Å². The van der Waals surface area contributed by atoms with Gasteiger partial charge in [-0.15, -0.1) is 0 Å². The summed E-state index contributed by atoms with van der Waals surface area (Å²) in [6.45, 7) is 1.66. The molecular weight excluding hydrogens is 232 g/mol. The first-order valence-corrected chi connectivity index (χ1v) is 6.63. The number of aromatic nitrogens is 1. The van der Waals surface area contributed by atoms with Gasteiger partial charge in [-0.1, -0.05) is 30.2 Å². The molecule has 1 aromatic carbocycles. The second-order valence-corrected chi connectivity index (χ2v) is 5.35. The molecular formula is C14H17ClN2. The lowest BCUT2D eigenvalue weighted by atomic mass is 9.85. The van der Waals surface area contributed by atoms with Crippen LogP contribution in [-0.2, 0) is 13.1 Å². The first kappa shape index (κ1) is 11.1. The summed E-state index contributed by atoms with van der Waals surface area (Å²) in [5, 5.41) is 2.04. The molecule has 0 saturated heterocycles. The fraction of sp³-hybridized carbons (Fsp3) is 0.429. The molecule has 0 radical (unpaired) electrons. The number of benzene rings is 1. The molecule has 1 saturated carbocycles. The number of nitrogens with zero attached hydrogens (tertiary/aromatic N) is 1. The smallest absolute Gasteiger partial charge is 0.0673 e. The van der Waals surface area contributed by atoms with Crippen LogP contribution in [0.2, 0.25) is 5.02 Å². The predicted molar refractivity (Wildman–Crippen MR) is 72.2 cm³/mol. The van der Waals surface area contributed by atoms with E-state index in [4.69, 9.17) is 17.3 Å². The largest absolute Gasteiger partial charge is 0.346 e. The van der Waals surface area contributed by atoms with Crippen LogP contribution in [0.25, 0.3) is 10.9 Å². The minimum absolute atomic E-state index is 0.578. The lowest BCUT2D eigenvalue weighted by Gasteiger charge is -2.26. The van der Waals surface area contributed by atoms with Gasteiger partial charge in [0.2, 0.25) is 0 Å². The van der Waals surface area contributed by atoms with E-state index >= 15 is 0 Å². The van der Waals surface area contributed by atoms with Crippen molar-refractivity contribution in [1.29, 1.82) is 0 Å². The first-order valence-electron chi connectivity index (χ1n) is 6.26. The third kappa shape index (κ3) is 1.85. The fourth-order valence-corrected chi connectivity index (χ4v) is 2.93. The number of nitrogens with two attached hydrogens (primary N) is 1. The second kappa shape index (κ2) is 4.35. The molecule has 1 heterocycles. The quantitative estimate of drug-likeness (QED) is 0.885. The Labute approximate surface area is 106 Å². The standard InChI is InChI=1S/C14H17ClN2/c15-13-6-2-5-12-11(7-16)9-17(14(12)13)8-10-3-1-4-10/h2,5-6,9-10H,1,3-4,7-8,16H2. The number of hydrogen-bond acceptors (Lipinski definition) is 1. The molecule has 0 bridgehead atoms. The van der Waals surface area contributed by atoms with Gasteiger partial charge in [0.05, 0.1) is 10.5 Å². The molecule has 3 heteroatoms. The van der Waals surface area contributed by atoms with Gasteiger partial charge in [-0.05, 0) is 30.4 Å². The van der Waals surface area contributed by atoms with E-state index in [0.717, 1.165) is 23.0 Å². The van der Waals surface area contributed by atoms with Crippen LogP contribution in [-0.4, -0.2) is 4.57 Å². The molecule has 0 unspecified atom stereocenters. The molecule has 2 N–H and O–H groups in total. The summed E-state index contributed by atoms with van der Waals surface area (Å²) >= 11 is 6.32. The van der Waals surface area contributed by atoms with Crippen molar-refractivity contribution in [2.24, 2.45) is 11.7 Å². The average molecular weight is 249 g/mol. The number of halogens is 1. The average Bonchev–Trinajstić information content (AvgIpc) is 2.63. The van der Waals surface area contributed by atoms with Crippen molar-refractivity contribution in [3.05, 3.63) is 35.0 Å². The third-order valence-electron chi connectivity index (χ3n) is 3.83. The molecule has 0 atom stereocenters. The zero-order chi connectivity index (χ0) is 11.8. The third-order valence-corrected chi connectivity index (χ3v) is 4.14. The fourth-order valence-electron chi connectivity index (χ4n) is 2.65. The molecule has 1 aliphatic rings. The van der Waals surface area contributed by atoms with Gasteiger partial charge in [0.1, 0.15) is 0 Å². The summed E-state index contributed by atoms with van der Waals surface area (Å²) in [5.74, 6) is 0.826. The summed E-state index contributed by atoms with van der Waals surface area (Å²) in [7, 11) is 0. The highest BCUT2D eigenvalue weighted by Gasteiger charge is 2.19. The van der Waals surface area contributed by atoms with E-state index in [1.54, 1.807) is 0 Å². The molecule has 2 nitrogen and oxygen atoms in total. The Morgan fingerprint density at radius 2 is 2.18 bits per heavy atom. The molecule has 3 rings (SSSR count). The zero-order valence-corrected chi connectivity index (χ0v) is 10.6. The normalized spacial score (nSPS) is 16.4. The highest BCUT2D eigenvalue weighted by molar-refractivity contribution is 6.35. The summed E-state index contributed by atoms with van der Waals surface area (Å²) in [6, 6.07) is 6.07. The molecule has 1 aliphatic carbocycles. The SMILES string of the molecule is NCc1cn(CC2CCC2)c2c(Cl)cccc12. The second-order valence-electron chi connectivity index (χ2n) is 4.94. The van der Waals surface area contributed by atoms with Crippen LogP contribution < -0.4 is 5.73 Å². The maximum Gasteiger partial charge on any atom is 0.0673 e. The Kier molecular flexibility index (Phi) is 2.85. The van der Waals surface area contributed by atoms with Crippen molar-refractivity contribution in [1.82, 2.24) is 4.57 Å². The summed E-state index contributed by atoms with van der Waals surface area (Å²) < 4.78 is 2.30. The Morgan fingerprint density at radius 1 is 1.35 bits per heavy atom. The van der Waals surface area contributed by atoms with Crippen LogP contribution in [0.3, 0.4) is 0 Å². The summed E-state index contributed by atoms with van der Waals surface area (Å²) in [5.41, 5.74) is 8.15. The molecule has 90 valence electrons. The Morgan fingerprint density at radius 3 is 2.82 bits per heavy atom. The molecule has 2 aromatic rings. The van der Waals surface area contributed by atoms with Crippen molar-refractivity contribution in [2.45, 2.75) is 32.4 Å². The molecule has 0 amide bonds. The molecule has 17 heavy (non-hydrogen) atoms. The van der Waals surface area contributed by atoms with Crippen LogP contribution in [0.15, 0.2) is 24.4 Å². The van der Waals surface area contributed by atoms with Gasteiger partial charge in [-0.25, -0.2) is 0 Å². The maximum absolute atomic E-state index is 6.32. The minimum Gasteiger partial charge on any atom is -0.346 e. The molecule has 1 aromatic heterocycles. The number of rotatable bonds is 3. The first-order chi connectivity index (χ1) is 8.29. The van der Waals surface area contributed by atoms with Crippen LogP contribution in [0.4, 0.5) is 0 Å². The Balaban J connectivity index is 2.09. The van der Waals surface area contributed by atoms with Crippen LogP contribution >= 0.6 is 11.6 Å². The lowest BCUT2D eigenvalue weighted by Crippen LogP contribution is -2.17. The van der Waals surface area contributed by atoms with Gasteiger partial charge >= 0.3 is 0 Å². The van der Waals surface area contributed by atoms with E-state index in [1.807, 2.05) is 12.1 Å². The van der Waals surface area contributed by atoms with E-state index in [0.29, 0.717) is 6.54 Å². The van der Waals surface area contributed by atoms with Gasteiger partial charge < -0.3 is 10.3 Å². The van der Waals surface area contributed by atoms with Gasteiger partial charge in [0, 0.05) is 24.7 Å². The van der Waals surface area contributed by atoms with Crippen LogP contribution in [0, 0.1) is 5.92 Å². The maximum atomic E-state index is 6.32. The van der Waals surface area contributed by atoms with Crippen molar-refractivity contribution in [2.75, 3.05) is 0 Å². The van der Waals surface area contributed by atoms with E-state index in [1.165, 1.54) is 30.2 Å². The van der Waals surface area contributed by atoms with E-state index in [-0.39, 0.29) is 0 Å².